The van der Waals surface area contributed by atoms with Crippen molar-refractivity contribution in [3.05, 3.63) is 35.4 Å². The summed E-state index contributed by atoms with van der Waals surface area (Å²) in [5.74, 6) is -0.774. The highest BCUT2D eigenvalue weighted by molar-refractivity contribution is 5.70. The summed E-state index contributed by atoms with van der Waals surface area (Å²) in [5.41, 5.74) is 2.13. The molecule has 1 aromatic rings. The van der Waals surface area contributed by atoms with Crippen molar-refractivity contribution in [1.82, 2.24) is 4.90 Å². The molecule has 92 valence electrons. The van der Waals surface area contributed by atoms with Gasteiger partial charge < -0.3 is 5.11 Å². The van der Waals surface area contributed by atoms with Gasteiger partial charge >= 0.3 is 5.97 Å². The zero-order chi connectivity index (χ0) is 12.3. The summed E-state index contributed by atoms with van der Waals surface area (Å²) in [5, 5.41) is 8.69. The van der Waals surface area contributed by atoms with Gasteiger partial charge in [0.05, 0.1) is 6.42 Å². The van der Waals surface area contributed by atoms with Crippen molar-refractivity contribution >= 4 is 5.97 Å². The fraction of sp³-hybridized carbons (Fsp3) is 0.500. The molecule has 1 aliphatic rings. The lowest BCUT2D eigenvalue weighted by atomic mass is 9.91. The fourth-order valence-corrected chi connectivity index (χ4v) is 2.18. The number of carboxylic acid groups (broad SMARTS) is 1. The minimum Gasteiger partial charge on any atom is -0.481 e. The summed E-state index contributed by atoms with van der Waals surface area (Å²) in [4.78, 5) is 12.9. The van der Waals surface area contributed by atoms with E-state index in [1.807, 2.05) is 24.3 Å². The van der Waals surface area contributed by atoms with E-state index >= 15 is 0 Å². The first-order valence-electron chi connectivity index (χ1n) is 6.15. The van der Waals surface area contributed by atoms with Gasteiger partial charge in [0.2, 0.25) is 0 Å². The molecule has 1 aromatic carbocycles. The number of carboxylic acids is 1. The number of benzene rings is 1. The van der Waals surface area contributed by atoms with Crippen LogP contribution in [-0.4, -0.2) is 29.1 Å². The largest absolute Gasteiger partial charge is 0.481 e. The first-order chi connectivity index (χ1) is 8.15. The Bertz CT molecular complexity index is 382. The number of rotatable bonds is 5. The van der Waals surface area contributed by atoms with E-state index in [9.17, 15) is 4.79 Å². The first-order valence-corrected chi connectivity index (χ1v) is 6.15. The average molecular weight is 233 g/mol. The molecule has 3 nitrogen and oxygen atoms in total. The molecule has 0 atom stereocenters. The third-order valence-electron chi connectivity index (χ3n) is 3.51. The van der Waals surface area contributed by atoms with E-state index in [-0.39, 0.29) is 6.42 Å². The van der Waals surface area contributed by atoms with Crippen LogP contribution in [0.4, 0.5) is 0 Å². The van der Waals surface area contributed by atoms with Gasteiger partial charge in [-0.1, -0.05) is 30.7 Å². The zero-order valence-electron chi connectivity index (χ0n) is 10.2. The van der Waals surface area contributed by atoms with Crippen molar-refractivity contribution in [2.45, 2.75) is 38.3 Å². The summed E-state index contributed by atoms with van der Waals surface area (Å²) in [6.07, 6.45) is 4.09. The molecule has 1 fully saturated rings. The first kappa shape index (κ1) is 12.1. The number of hydrogen-bond acceptors (Lipinski definition) is 2. The van der Waals surface area contributed by atoms with Crippen LogP contribution in [0.25, 0.3) is 0 Å². The van der Waals surface area contributed by atoms with Crippen LogP contribution in [0.5, 0.6) is 0 Å². The van der Waals surface area contributed by atoms with Crippen LogP contribution < -0.4 is 0 Å². The van der Waals surface area contributed by atoms with Gasteiger partial charge in [0, 0.05) is 12.6 Å². The predicted molar refractivity (Wildman–Crippen MR) is 66.9 cm³/mol. The lowest BCUT2D eigenvalue weighted by molar-refractivity contribution is -0.136. The quantitative estimate of drug-likeness (QED) is 0.848. The SMILES string of the molecule is CN(Cc1ccc(CC(=O)O)cc1)C1CCC1. The Morgan fingerprint density at radius 3 is 2.35 bits per heavy atom. The van der Waals surface area contributed by atoms with Gasteiger partial charge in [0.15, 0.2) is 0 Å². The second-order valence-electron chi connectivity index (χ2n) is 4.89. The Morgan fingerprint density at radius 1 is 1.29 bits per heavy atom. The maximum atomic E-state index is 10.6. The lowest BCUT2D eigenvalue weighted by Crippen LogP contribution is -2.36. The van der Waals surface area contributed by atoms with Crippen LogP contribution in [0.15, 0.2) is 24.3 Å². The molecule has 1 N–H and O–H groups in total. The summed E-state index contributed by atoms with van der Waals surface area (Å²) in [6.45, 7) is 0.956. The van der Waals surface area contributed by atoms with Crippen LogP contribution in [0.1, 0.15) is 30.4 Å². The molecule has 1 saturated carbocycles. The van der Waals surface area contributed by atoms with Crippen molar-refractivity contribution in [3.63, 3.8) is 0 Å². The molecule has 17 heavy (non-hydrogen) atoms. The maximum Gasteiger partial charge on any atom is 0.307 e. The van der Waals surface area contributed by atoms with Crippen molar-refractivity contribution in [2.24, 2.45) is 0 Å². The Kier molecular flexibility index (Phi) is 3.79. The Balaban J connectivity index is 1.90. The molecule has 3 heteroatoms. The molecule has 0 spiro atoms. The van der Waals surface area contributed by atoms with E-state index in [2.05, 4.69) is 11.9 Å². The van der Waals surface area contributed by atoms with E-state index in [0.29, 0.717) is 0 Å². The van der Waals surface area contributed by atoms with Gasteiger partial charge in [0.25, 0.3) is 0 Å². The van der Waals surface area contributed by atoms with Crippen LogP contribution >= 0.6 is 0 Å². The van der Waals surface area contributed by atoms with Crippen LogP contribution in [0.3, 0.4) is 0 Å². The number of carbonyl (C=O) groups is 1. The predicted octanol–water partition coefficient (Wildman–Crippen LogP) is 2.30. The summed E-state index contributed by atoms with van der Waals surface area (Å²) in [7, 11) is 2.16. The van der Waals surface area contributed by atoms with Gasteiger partial charge in [0.1, 0.15) is 0 Å². The molecule has 0 unspecified atom stereocenters. The van der Waals surface area contributed by atoms with Gasteiger partial charge in [-0.15, -0.1) is 0 Å². The van der Waals surface area contributed by atoms with E-state index in [0.717, 1.165) is 18.2 Å². The molecule has 0 heterocycles. The normalized spacial score (nSPS) is 15.9. The molecule has 0 aromatic heterocycles. The third kappa shape index (κ3) is 3.30. The van der Waals surface area contributed by atoms with Crippen molar-refractivity contribution in [3.8, 4) is 0 Å². The van der Waals surface area contributed by atoms with Crippen molar-refractivity contribution < 1.29 is 9.90 Å². The highest BCUT2D eigenvalue weighted by Crippen LogP contribution is 2.24. The molecule has 1 aliphatic carbocycles. The second-order valence-corrected chi connectivity index (χ2v) is 4.89. The Morgan fingerprint density at radius 2 is 1.88 bits per heavy atom. The van der Waals surface area contributed by atoms with Crippen molar-refractivity contribution in [1.29, 1.82) is 0 Å². The Labute approximate surface area is 102 Å². The summed E-state index contributed by atoms with van der Waals surface area (Å²) >= 11 is 0. The maximum absolute atomic E-state index is 10.6. The molecule has 2 rings (SSSR count). The smallest absolute Gasteiger partial charge is 0.307 e. The molecular weight excluding hydrogens is 214 g/mol. The fourth-order valence-electron chi connectivity index (χ4n) is 2.18. The number of aliphatic carboxylic acids is 1. The topological polar surface area (TPSA) is 40.5 Å². The summed E-state index contributed by atoms with van der Waals surface area (Å²) < 4.78 is 0. The molecule has 0 saturated heterocycles. The minimum atomic E-state index is -0.774. The lowest BCUT2D eigenvalue weighted by Gasteiger charge is -2.34. The second kappa shape index (κ2) is 5.32. The van der Waals surface area contributed by atoms with Gasteiger partial charge in [-0.2, -0.15) is 0 Å². The standard InChI is InChI=1S/C14H19NO2/c1-15(13-3-2-4-13)10-12-7-5-11(6-8-12)9-14(16)17/h5-8,13H,2-4,9-10H2,1H3,(H,16,17). The van der Waals surface area contributed by atoms with E-state index in [1.54, 1.807) is 0 Å². The number of hydrogen-bond donors (Lipinski definition) is 1. The third-order valence-corrected chi connectivity index (χ3v) is 3.51. The highest BCUT2D eigenvalue weighted by Gasteiger charge is 2.21. The minimum absolute atomic E-state index is 0.110. The van der Waals surface area contributed by atoms with E-state index in [1.165, 1.54) is 24.8 Å². The molecule has 0 bridgehead atoms. The van der Waals surface area contributed by atoms with Gasteiger partial charge in [-0.05, 0) is 31.0 Å². The van der Waals surface area contributed by atoms with Crippen LogP contribution in [0.2, 0.25) is 0 Å². The molecule has 0 aliphatic heterocycles. The summed E-state index contributed by atoms with van der Waals surface area (Å²) in [6, 6.07) is 8.64. The van der Waals surface area contributed by atoms with Crippen molar-refractivity contribution in [2.75, 3.05) is 7.05 Å². The van der Waals surface area contributed by atoms with Crippen LogP contribution in [0, 0.1) is 0 Å². The van der Waals surface area contributed by atoms with E-state index < -0.39 is 5.97 Å². The average Bonchev–Trinajstić information content (AvgIpc) is 2.17. The highest BCUT2D eigenvalue weighted by atomic mass is 16.4. The monoisotopic (exact) mass is 233 g/mol. The Hall–Kier alpha value is -1.35. The van der Waals surface area contributed by atoms with Crippen LogP contribution in [-0.2, 0) is 17.8 Å². The van der Waals surface area contributed by atoms with Gasteiger partial charge in [-0.25, -0.2) is 0 Å². The molecule has 0 radical (unpaired) electrons. The van der Waals surface area contributed by atoms with Gasteiger partial charge in [-0.3, -0.25) is 9.69 Å². The number of nitrogens with zero attached hydrogens (tertiary/aromatic N) is 1. The van der Waals surface area contributed by atoms with E-state index in [4.69, 9.17) is 5.11 Å². The zero-order valence-corrected chi connectivity index (χ0v) is 10.2. The molecular formula is C14H19NO2. The molecule has 0 amide bonds.